The molecule has 1 aromatic carbocycles. The van der Waals surface area contributed by atoms with Gasteiger partial charge in [0.25, 0.3) is 6.02 Å². The summed E-state index contributed by atoms with van der Waals surface area (Å²) in [6.45, 7) is 0.518. The molecule has 0 bridgehead atoms. The lowest BCUT2D eigenvalue weighted by Gasteiger charge is -2.01. The zero-order valence-electron chi connectivity index (χ0n) is 8.36. The second kappa shape index (κ2) is 5.11. The van der Waals surface area contributed by atoms with Crippen molar-refractivity contribution in [3.63, 3.8) is 0 Å². The third-order valence-electron chi connectivity index (χ3n) is 1.79. The van der Waals surface area contributed by atoms with Crippen molar-refractivity contribution in [2.75, 3.05) is 14.2 Å². The maximum Gasteiger partial charge on any atom is 0.281 e. The van der Waals surface area contributed by atoms with E-state index < -0.39 is 0 Å². The van der Waals surface area contributed by atoms with Crippen LogP contribution in [0.3, 0.4) is 0 Å². The molecule has 0 fully saturated rings. The predicted octanol–water partition coefficient (Wildman–Crippen LogP) is 1.16. The van der Waals surface area contributed by atoms with Crippen molar-refractivity contribution in [3.8, 4) is 5.75 Å². The molecule has 4 heteroatoms. The fraction of sp³-hybridized carbons (Fsp3) is 0.300. The number of nitrogens with two attached hydrogens (primary N) is 1. The summed E-state index contributed by atoms with van der Waals surface area (Å²) in [5, 5.41) is 0. The lowest BCUT2D eigenvalue weighted by molar-refractivity contribution is 0.394. The molecule has 0 saturated carbocycles. The van der Waals surface area contributed by atoms with Gasteiger partial charge in [-0.1, -0.05) is 12.1 Å². The molecule has 0 aliphatic rings. The highest BCUT2D eigenvalue weighted by Gasteiger charge is 1.93. The molecule has 1 aromatic rings. The predicted molar refractivity (Wildman–Crippen MR) is 55.3 cm³/mol. The van der Waals surface area contributed by atoms with E-state index >= 15 is 0 Å². The van der Waals surface area contributed by atoms with Crippen molar-refractivity contribution in [2.24, 2.45) is 10.7 Å². The van der Waals surface area contributed by atoms with Gasteiger partial charge >= 0.3 is 0 Å². The van der Waals surface area contributed by atoms with Crippen molar-refractivity contribution in [2.45, 2.75) is 6.54 Å². The minimum absolute atomic E-state index is 0.195. The molecule has 0 spiro atoms. The summed E-state index contributed by atoms with van der Waals surface area (Å²) in [5.74, 6) is 0.831. The first-order valence-corrected chi connectivity index (χ1v) is 4.23. The van der Waals surface area contributed by atoms with Gasteiger partial charge in [-0.15, -0.1) is 0 Å². The first-order valence-electron chi connectivity index (χ1n) is 4.23. The molecule has 0 atom stereocenters. The molecule has 4 nitrogen and oxygen atoms in total. The number of hydrogen-bond acceptors (Lipinski definition) is 3. The molecular formula is C10H14N2O2. The Morgan fingerprint density at radius 1 is 1.29 bits per heavy atom. The summed E-state index contributed by atoms with van der Waals surface area (Å²) in [6, 6.07) is 7.83. The van der Waals surface area contributed by atoms with Gasteiger partial charge in [-0.3, -0.25) is 0 Å². The van der Waals surface area contributed by atoms with E-state index in [0.29, 0.717) is 6.54 Å². The molecule has 0 amide bonds. The van der Waals surface area contributed by atoms with Crippen LogP contribution in [-0.4, -0.2) is 20.2 Å². The maximum absolute atomic E-state index is 5.38. The number of amidine groups is 1. The van der Waals surface area contributed by atoms with Crippen LogP contribution in [0.25, 0.3) is 0 Å². The van der Waals surface area contributed by atoms with E-state index in [2.05, 4.69) is 4.99 Å². The van der Waals surface area contributed by atoms with Crippen molar-refractivity contribution in [3.05, 3.63) is 29.8 Å². The molecule has 0 saturated heterocycles. The SMILES string of the molecule is COC(N)=NCc1ccc(OC)cc1. The van der Waals surface area contributed by atoms with E-state index in [-0.39, 0.29) is 6.02 Å². The van der Waals surface area contributed by atoms with Crippen molar-refractivity contribution >= 4 is 6.02 Å². The van der Waals surface area contributed by atoms with Crippen LogP contribution in [0.2, 0.25) is 0 Å². The Morgan fingerprint density at radius 2 is 1.93 bits per heavy atom. The zero-order chi connectivity index (χ0) is 10.4. The fourth-order valence-electron chi connectivity index (χ4n) is 0.965. The molecule has 14 heavy (non-hydrogen) atoms. The number of rotatable bonds is 3. The molecule has 76 valence electrons. The number of nitrogens with zero attached hydrogens (tertiary/aromatic N) is 1. The Morgan fingerprint density at radius 3 is 2.43 bits per heavy atom. The molecule has 1 rings (SSSR count). The second-order valence-corrected chi connectivity index (χ2v) is 2.71. The maximum atomic E-state index is 5.38. The topological polar surface area (TPSA) is 56.8 Å². The van der Waals surface area contributed by atoms with Gasteiger partial charge in [0.15, 0.2) is 0 Å². The Hall–Kier alpha value is -1.71. The van der Waals surface area contributed by atoms with E-state index in [1.807, 2.05) is 24.3 Å². The van der Waals surface area contributed by atoms with E-state index in [9.17, 15) is 0 Å². The van der Waals surface area contributed by atoms with Crippen LogP contribution < -0.4 is 10.5 Å². The van der Waals surface area contributed by atoms with Crippen molar-refractivity contribution in [1.29, 1.82) is 0 Å². The summed E-state index contributed by atoms with van der Waals surface area (Å²) in [7, 11) is 3.13. The number of hydrogen-bond donors (Lipinski definition) is 1. The molecule has 0 aromatic heterocycles. The lowest BCUT2D eigenvalue weighted by Crippen LogP contribution is -2.13. The van der Waals surface area contributed by atoms with Gasteiger partial charge in [0, 0.05) is 0 Å². The van der Waals surface area contributed by atoms with Gasteiger partial charge < -0.3 is 15.2 Å². The molecule has 0 heterocycles. The van der Waals surface area contributed by atoms with Crippen LogP contribution in [0.5, 0.6) is 5.75 Å². The summed E-state index contributed by atoms with van der Waals surface area (Å²) in [4.78, 5) is 4.00. The van der Waals surface area contributed by atoms with Crippen LogP contribution in [0.1, 0.15) is 5.56 Å². The Balaban J connectivity index is 2.60. The van der Waals surface area contributed by atoms with Crippen molar-refractivity contribution < 1.29 is 9.47 Å². The smallest absolute Gasteiger partial charge is 0.281 e. The summed E-state index contributed by atoms with van der Waals surface area (Å²) in [6.07, 6.45) is 0. The van der Waals surface area contributed by atoms with Gasteiger partial charge in [-0.05, 0) is 17.7 Å². The highest BCUT2D eigenvalue weighted by molar-refractivity contribution is 5.71. The van der Waals surface area contributed by atoms with E-state index in [4.69, 9.17) is 15.2 Å². The molecule has 2 N–H and O–H groups in total. The number of aliphatic imine (C=N–C) groups is 1. The largest absolute Gasteiger partial charge is 0.497 e. The quantitative estimate of drug-likeness (QED) is 0.580. The molecular weight excluding hydrogens is 180 g/mol. The second-order valence-electron chi connectivity index (χ2n) is 2.71. The van der Waals surface area contributed by atoms with Gasteiger partial charge in [0.05, 0.1) is 20.8 Å². The van der Waals surface area contributed by atoms with Gasteiger partial charge in [-0.25, -0.2) is 4.99 Å². The standard InChI is InChI=1S/C10H14N2O2/c1-13-9-5-3-8(4-6-9)7-12-10(11)14-2/h3-6H,7H2,1-2H3,(H2,11,12). The van der Waals surface area contributed by atoms with Gasteiger partial charge in [0.1, 0.15) is 5.75 Å². The average molecular weight is 194 g/mol. The first-order chi connectivity index (χ1) is 6.76. The Kier molecular flexibility index (Phi) is 3.79. The fourth-order valence-corrected chi connectivity index (χ4v) is 0.965. The van der Waals surface area contributed by atoms with E-state index in [1.165, 1.54) is 7.11 Å². The Labute approximate surface area is 83.4 Å². The lowest BCUT2D eigenvalue weighted by atomic mass is 10.2. The molecule has 0 aliphatic heterocycles. The van der Waals surface area contributed by atoms with Crippen LogP contribution in [0.15, 0.2) is 29.3 Å². The summed E-state index contributed by atoms with van der Waals surface area (Å²) < 4.78 is 9.75. The number of ether oxygens (including phenoxy) is 2. The van der Waals surface area contributed by atoms with Crippen LogP contribution >= 0.6 is 0 Å². The molecule has 0 aliphatic carbocycles. The van der Waals surface area contributed by atoms with Crippen LogP contribution in [-0.2, 0) is 11.3 Å². The third kappa shape index (κ3) is 2.97. The van der Waals surface area contributed by atoms with Crippen LogP contribution in [0.4, 0.5) is 0 Å². The molecule has 0 radical (unpaired) electrons. The first kappa shape index (κ1) is 10.4. The van der Waals surface area contributed by atoms with Crippen LogP contribution in [0, 0.1) is 0 Å². The van der Waals surface area contributed by atoms with E-state index in [1.54, 1.807) is 7.11 Å². The minimum Gasteiger partial charge on any atom is -0.497 e. The summed E-state index contributed by atoms with van der Waals surface area (Å²) >= 11 is 0. The number of methoxy groups -OCH3 is 2. The van der Waals surface area contributed by atoms with Gasteiger partial charge in [0.2, 0.25) is 0 Å². The number of benzene rings is 1. The van der Waals surface area contributed by atoms with E-state index in [0.717, 1.165) is 11.3 Å². The monoisotopic (exact) mass is 194 g/mol. The highest BCUT2D eigenvalue weighted by Crippen LogP contribution is 2.11. The third-order valence-corrected chi connectivity index (χ3v) is 1.79. The average Bonchev–Trinajstić information content (AvgIpc) is 2.26. The summed E-state index contributed by atoms with van der Waals surface area (Å²) in [5.41, 5.74) is 6.44. The zero-order valence-corrected chi connectivity index (χ0v) is 8.36. The molecule has 0 unspecified atom stereocenters. The minimum atomic E-state index is 0.195. The normalized spacial score (nSPS) is 11.1. The Bertz CT molecular complexity index is 306. The highest BCUT2D eigenvalue weighted by atomic mass is 16.5. The van der Waals surface area contributed by atoms with Crippen molar-refractivity contribution in [1.82, 2.24) is 0 Å². The van der Waals surface area contributed by atoms with Gasteiger partial charge in [-0.2, -0.15) is 0 Å².